The monoisotopic (exact) mass is 302 g/mol. The van der Waals surface area contributed by atoms with Gasteiger partial charge in [-0.25, -0.2) is 9.78 Å². The SMILES string of the molecule is Cc1ncc(C(=O)OC[C@H]2CCN(c3ccccc3)C2)s1. The fourth-order valence-electron chi connectivity index (χ4n) is 2.56. The minimum absolute atomic E-state index is 0.251. The van der Waals surface area contributed by atoms with Gasteiger partial charge in [0, 0.05) is 24.7 Å². The van der Waals surface area contributed by atoms with Crippen molar-refractivity contribution in [1.82, 2.24) is 4.98 Å². The molecule has 0 unspecified atom stereocenters. The van der Waals surface area contributed by atoms with Crippen LogP contribution in [0.25, 0.3) is 0 Å². The molecule has 3 rings (SSSR count). The first-order chi connectivity index (χ1) is 10.2. The molecule has 0 amide bonds. The molecule has 0 radical (unpaired) electrons. The van der Waals surface area contributed by atoms with E-state index in [-0.39, 0.29) is 5.97 Å². The van der Waals surface area contributed by atoms with Gasteiger partial charge in [-0.05, 0) is 25.5 Å². The van der Waals surface area contributed by atoms with Gasteiger partial charge in [-0.2, -0.15) is 0 Å². The summed E-state index contributed by atoms with van der Waals surface area (Å²) in [5.41, 5.74) is 1.24. The minimum atomic E-state index is -0.251. The quantitative estimate of drug-likeness (QED) is 0.814. The molecule has 0 aliphatic carbocycles. The second kappa shape index (κ2) is 6.26. The van der Waals surface area contributed by atoms with Gasteiger partial charge >= 0.3 is 5.97 Å². The number of hydrogen-bond acceptors (Lipinski definition) is 5. The van der Waals surface area contributed by atoms with Crippen molar-refractivity contribution in [2.24, 2.45) is 5.92 Å². The van der Waals surface area contributed by atoms with Crippen molar-refractivity contribution in [3.63, 3.8) is 0 Å². The van der Waals surface area contributed by atoms with E-state index in [1.54, 1.807) is 6.20 Å². The largest absolute Gasteiger partial charge is 0.461 e. The normalized spacial score (nSPS) is 18.0. The average molecular weight is 302 g/mol. The van der Waals surface area contributed by atoms with Gasteiger partial charge in [-0.3, -0.25) is 0 Å². The summed E-state index contributed by atoms with van der Waals surface area (Å²) in [6, 6.07) is 10.4. The van der Waals surface area contributed by atoms with Crippen molar-refractivity contribution in [3.05, 3.63) is 46.4 Å². The molecule has 1 fully saturated rings. The van der Waals surface area contributed by atoms with Crippen LogP contribution >= 0.6 is 11.3 Å². The van der Waals surface area contributed by atoms with E-state index in [0.717, 1.165) is 24.5 Å². The molecule has 1 aromatic carbocycles. The van der Waals surface area contributed by atoms with Crippen molar-refractivity contribution in [2.75, 3.05) is 24.6 Å². The number of para-hydroxylation sites is 1. The Kier molecular flexibility index (Phi) is 4.20. The number of rotatable bonds is 4. The number of thiazole rings is 1. The van der Waals surface area contributed by atoms with E-state index in [9.17, 15) is 4.79 Å². The summed E-state index contributed by atoms with van der Waals surface area (Å²) >= 11 is 1.38. The van der Waals surface area contributed by atoms with Crippen LogP contribution in [-0.2, 0) is 4.74 Å². The van der Waals surface area contributed by atoms with Crippen molar-refractivity contribution in [2.45, 2.75) is 13.3 Å². The Morgan fingerprint density at radius 3 is 2.95 bits per heavy atom. The highest BCUT2D eigenvalue weighted by Crippen LogP contribution is 2.24. The Hall–Kier alpha value is -1.88. The lowest BCUT2D eigenvalue weighted by atomic mass is 10.1. The van der Waals surface area contributed by atoms with Gasteiger partial charge in [0.2, 0.25) is 0 Å². The molecule has 1 aliphatic rings. The molecular formula is C16H18N2O2S. The van der Waals surface area contributed by atoms with Gasteiger partial charge in [0.05, 0.1) is 17.8 Å². The van der Waals surface area contributed by atoms with Crippen LogP contribution in [0.15, 0.2) is 36.5 Å². The lowest BCUT2D eigenvalue weighted by Crippen LogP contribution is -2.21. The van der Waals surface area contributed by atoms with Crippen molar-refractivity contribution in [1.29, 1.82) is 0 Å². The number of carbonyl (C=O) groups is 1. The highest BCUT2D eigenvalue weighted by atomic mass is 32.1. The first-order valence-electron chi connectivity index (χ1n) is 7.12. The fourth-order valence-corrected chi connectivity index (χ4v) is 3.23. The van der Waals surface area contributed by atoms with Gasteiger partial charge in [-0.1, -0.05) is 18.2 Å². The summed E-state index contributed by atoms with van der Waals surface area (Å²) in [4.78, 5) is 18.9. The first-order valence-corrected chi connectivity index (χ1v) is 7.93. The Morgan fingerprint density at radius 2 is 2.24 bits per heavy atom. The number of benzene rings is 1. The molecule has 5 heteroatoms. The predicted molar refractivity (Wildman–Crippen MR) is 83.9 cm³/mol. The van der Waals surface area contributed by atoms with E-state index in [4.69, 9.17) is 4.74 Å². The van der Waals surface area contributed by atoms with Crippen LogP contribution in [0.3, 0.4) is 0 Å². The van der Waals surface area contributed by atoms with Crippen LogP contribution in [0.1, 0.15) is 21.1 Å². The first kappa shape index (κ1) is 14.1. The molecular weight excluding hydrogens is 284 g/mol. The Balaban J connectivity index is 1.50. The van der Waals surface area contributed by atoms with Gasteiger partial charge in [0.25, 0.3) is 0 Å². The maximum Gasteiger partial charge on any atom is 0.349 e. The molecule has 2 heterocycles. The Bertz CT molecular complexity index is 612. The zero-order valence-electron chi connectivity index (χ0n) is 12.0. The summed E-state index contributed by atoms with van der Waals surface area (Å²) in [5, 5.41) is 0.887. The van der Waals surface area contributed by atoms with E-state index in [1.807, 2.05) is 13.0 Å². The molecule has 21 heavy (non-hydrogen) atoms. The maximum absolute atomic E-state index is 11.9. The number of anilines is 1. The highest BCUT2D eigenvalue weighted by Gasteiger charge is 2.24. The number of hydrogen-bond donors (Lipinski definition) is 0. The van der Waals surface area contributed by atoms with Gasteiger partial charge in [-0.15, -0.1) is 11.3 Å². The zero-order valence-corrected chi connectivity index (χ0v) is 12.8. The maximum atomic E-state index is 11.9. The van der Waals surface area contributed by atoms with Crippen LogP contribution in [0.2, 0.25) is 0 Å². The molecule has 0 saturated carbocycles. The minimum Gasteiger partial charge on any atom is -0.461 e. The highest BCUT2D eigenvalue weighted by molar-refractivity contribution is 7.13. The van der Waals surface area contributed by atoms with Crippen LogP contribution in [0.5, 0.6) is 0 Å². The van der Waals surface area contributed by atoms with Crippen LogP contribution in [0, 0.1) is 12.8 Å². The third-order valence-corrected chi connectivity index (χ3v) is 4.57. The van der Waals surface area contributed by atoms with Gasteiger partial charge in [0.15, 0.2) is 0 Å². The summed E-state index contributed by atoms with van der Waals surface area (Å²) in [6.45, 7) is 4.33. The third-order valence-electron chi connectivity index (χ3n) is 3.68. The van der Waals surface area contributed by atoms with Crippen LogP contribution in [0.4, 0.5) is 5.69 Å². The molecule has 1 saturated heterocycles. The van der Waals surface area contributed by atoms with E-state index >= 15 is 0 Å². The number of carbonyl (C=O) groups excluding carboxylic acids is 1. The molecule has 0 spiro atoms. The molecule has 1 atom stereocenters. The van der Waals surface area contributed by atoms with Crippen molar-refractivity contribution in [3.8, 4) is 0 Å². The number of esters is 1. The lowest BCUT2D eigenvalue weighted by molar-refractivity contribution is 0.0456. The second-order valence-electron chi connectivity index (χ2n) is 5.28. The molecule has 1 aromatic heterocycles. The van der Waals surface area contributed by atoms with E-state index in [0.29, 0.717) is 17.4 Å². The summed E-state index contributed by atoms with van der Waals surface area (Å²) < 4.78 is 5.41. The van der Waals surface area contributed by atoms with Crippen molar-refractivity contribution >= 4 is 23.0 Å². The second-order valence-corrected chi connectivity index (χ2v) is 6.51. The van der Waals surface area contributed by atoms with Crippen molar-refractivity contribution < 1.29 is 9.53 Å². The van der Waals surface area contributed by atoms with Crippen LogP contribution in [-0.4, -0.2) is 30.6 Å². The Morgan fingerprint density at radius 1 is 1.43 bits per heavy atom. The van der Waals surface area contributed by atoms with Gasteiger partial charge < -0.3 is 9.64 Å². The molecule has 0 bridgehead atoms. The molecule has 0 N–H and O–H groups in total. The van der Waals surface area contributed by atoms with E-state index < -0.39 is 0 Å². The number of aryl methyl sites for hydroxylation is 1. The average Bonchev–Trinajstić information content (AvgIpc) is 3.15. The summed E-state index contributed by atoms with van der Waals surface area (Å²) in [5.74, 6) is 0.155. The molecule has 1 aliphatic heterocycles. The standard InChI is InChI=1S/C16H18N2O2S/c1-12-17-9-15(21-12)16(19)20-11-13-7-8-18(10-13)14-5-3-2-4-6-14/h2-6,9,13H,7-8,10-11H2,1H3/t13-/m0/s1. The fraction of sp³-hybridized carbons (Fsp3) is 0.375. The zero-order chi connectivity index (χ0) is 14.7. The van der Waals surface area contributed by atoms with E-state index in [2.05, 4.69) is 34.1 Å². The van der Waals surface area contributed by atoms with Gasteiger partial charge in [0.1, 0.15) is 4.88 Å². The Labute approximate surface area is 128 Å². The molecule has 2 aromatic rings. The van der Waals surface area contributed by atoms with E-state index in [1.165, 1.54) is 17.0 Å². The number of aromatic nitrogens is 1. The summed E-state index contributed by atoms with van der Waals surface area (Å²) in [6.07, 6.45) is 2.65. The molecule has 4 nitrogen and oxygen atoms in total. The smallest absolute Gasteiger partial charge is 0.349 e. The lowest BCUT2D eigenvalue weighted by Gasteiger charge is -2.18. The predicted octanol–water partition coefficient (Wildman–Crippen LogP) is 3.13. The third kappa shape index (κ3) is 3.42. The summed E-state index contributed by atoms with van der Waals surface area (Å²) in [7, 11) is 0. The number of nitrogens with zero attached hydrogens (tertiary/aromatic N) is 2. The van der Waals surface area contributed by atoms with Crippen LogP contribution < -0.4 is 4.90 Å². The topological polar surface area (TPSA) is 42.4 Å². The molecule has 110 valence electrons. The number of ether oxygens (including phenoxy) is 1.